The zero-order chi connectivity index (χ0) is 13.5. The second-order valence-corrected chi connectivity index (χ2v) is 4.95. The zero-order valence-electron chi connectivity index (χ0n) is 12.1. The molecule has 0 atom stereocenters. The number of halogens is 1. The maximum atomic E-state index is 5.55. The van der Waals surface area contributed by atoms with Crippen LogP contribution in [0.25, 0.3) is 0 Å². The largest absolute Gasteiger partial charge is 0.493 e. The first kappa shape index (κ1) is 16.9. The normalized spacial score (nSPS) is 14.7. The number of hydrogen-bond acceptors (Lipinski definition) is 3. The summed E-state index contributed by atoms with van der Waals surface area (Å²) in [4.78, 5) is 0. The first-order valence-corrected chi connectivity index (χ1v) is 6.97. The van der Waals surface area contributed by atoms with Crippen LogP contribution < -0.4 is 14.8 Å². The van der Waals surface area contributed by atoms with E-state index in [0.717, 1.165) is 18.0 Å². The molecule has 1 N–H and O–H groups in total. The van der Waals surface area contributed by atoms with Crippen LogP contribution in [-0.4, -0.2) is 19.8 Å². The molecule has 0 heterocycles. The molecule has 3 nitrogen and oxygen atoms in total. The highest BCUT2D eigenvalue weighted by atomic mass is 35.5. The third kappa shape index (κ3) is 4.73. The van der Waals surface area contributed by atoms with E-state index in [2.05, 4.69) is 18.0 Å². The minimum Gasteiger partial charge on any atom is -0.493 e. The second kappa shape index (κ2) is 8.88. The Morgan fingerprint density at radius 3 is 2.70 bits per heavy atom. The maximum absolute atomic E-state index is 5.55. The van der Waals surface area contributed by atoms with Crippen molar-refractivity contribution in [2.24, 2.45) is 0 Å². The van der Waals surface area contributed by atoms with E-state index in [1.54, 1.807) is 13.2 Å². The lowest BCUT2D eigenvalue weighted by Crippen LogP contribution is -2.25. The van der Waals surface area contributed by atoms with Crippen LogP contribution in [-0.2, 0) is 6.54 Å². The van der Waals surface area contributed by atoms with Crippen molar-refractivity contribution < 1.29 is 9.47 Å². The molecular weight excluding hydrogens is 274 g/mol. The Kier molecular flexibility index (Phi) is 7.48. The van der Waals surface area contributed by atoms with E-state index < -0.39 is 0 Å². The third-order valence-corrected chi connectivity index (χ3v) is 3.53. The van der Waals surface area contributed by atoms with Crippen LogP contribution in [0.4, 0.5) is 0 Å². The molecule has 0 spiro atoms. The van der Waals surface area contributed by atoms with Gasteiger partial charge in [0.1, 0.15) is 6.61 Å². The Balaban J connectivity index is 0.00000200. The number of methoxy groups -OCH3 is 1. The average molecular weight is 298 g/mol. The summed E-state index contributed by atoms with van der Waals surface area (Å²) < 4.78 is 10.9. The van der Waals surface area contributed by atoms with Gasteiger partial charge in [0, 0.05) is 12.6 Å². The molecule has 2 rings (SSSR count). The molecule has 1 aliphatic rings. The van der Waals surface area contributed by atoms with Crippen LogP contribution in [0.15, 0.2) is 30.9 Å². The first-order chi connectivity index (χ1) is 9.33. The summed E-state index contributed by atoms with van der Waals surface area (Å²) in [6.45, 7) is 5.03. The quantitative estimate of drug-likeness (QED) is 0.778. The fraction of sp³-hybridized carbons (Fsp3) is 0.500. The van der Waals surface area contributed by atoms with Crippen molar-refractivity contribution in [3.63, 3.8) is 0 Å². The first-order valence-electron chi connectivity index (χ1n) is 6.97. The van der Waals surface area contributed by atoms with E-state index in [-0.39, 0.29) is 12.4 Å². The molecule has 0 radical (unpaired) electrons. The highest BCUT2D eigenvalue weighted by molar-refractivity contribution is 5.85. The monoisotopic (exact) mass is 297 g/mol. The summed E-state index contributed by atoms with van der Waals surface area (Å²) in [5, 5.41) is 3.60. The van der Waals surface area contributed by atoms with Gasteiger partial charge in [0.05, 0.1) is 7.11 Å². The van der Waals surface area contributed by atoms with Crippen LogP contribution >= 0.6 is 12.4 Å². The Hall–Kier alpha value is -1.19. The Morgan fingerprint density at radius 1 is 1.30 bits per heavy atom. The lowest BCUT2D eigenvalue weighted by atomic mass is 10.1. The van der Waals surface area contributed by atoms with Gasteiger partial charge in [-0.1, -0.05) is 31.6 Å². The van der Waals surface area contributed by atoms with Gasteiger partial charge in [0.25, 0.3) is 0 Å². The van der Waals surface area contributed by atoms with Gasteiger partial charge in [-0.25, -0.2) is 0 Å². The van der Waals surface area contributed by atoms with E-state index in [4.69, 9.17) is 9.47 Å². The van der Waals surface area contributed by atoms with Crippen molar-refractivity contribution in [1.29, 1.82) is 0 Å². The summed E-state index contributed by atoms with van der Waals surface area (Å²) in [5.41, 5.74) is 1.23. The molecule has 0 unspecified atom stereocenters. The van der Waals surface area contributed by atoms with Crippen molar-refractivity contribution in [3.8, 4) is 11.5 Å². The minimum absolute atomic E-state index is 0. The lowest BCUT2D eigenvalue weighted by Gasteiger charge is -2.14. The molecule has 1 aromatic rings. The molecule has 112 valence electrons. The number of rotatable bonds is 7. The van der Waals surface area contributed by atoms with Gasteiger partial charge in [0.2, 0.25) is 0 Å². The second-order valence-electron chi connectivity index (χ2n) is 4.95. The third-order valence-electron chi connectivity index (χ3n) is 3.53. The van der Waals surface area contributed by atoms with Crippen molar-refractivity contribution in [1.82, 2.24) is 5.32 Å². The van der Waals surface area contributed by atoms with Crippen LogP contribution in [0, 0.1) is 0 Å². The molecule has 1 saturated carbocycles. The van der Waals surface area contributed by atoms with Gasteiger partial charge in [-0.05, 0) is 30.5 Å². The number of ether oxygens (including phenoxy) is 2. The van der Waals surface area contributed by atoms with E-state index in [0.29, 0.717) is 12.6 Å². The molecule has 0 aromatic heterocycles. The highest BCUT2D eigenvalue weighted by Gasteiger charge is 2.14. The summed E-state index contributed by atoms with van der Waals surface area (Å²) in [5.74, 6) is 1.56. The van der Waals surface area contributed by atoms with Crippen LogP contribution in [0.1, 0.15) is 31.2 Å². The van der Waals surface area contributed by atoms with E-state index in [9.17, 15) is 0 Å². The van der Waals surface area contributed by atoms with Gasteiger partial charge < -0.3 is 14.8 Å². The predicted molar refractivity (Wildman–Crippen MR) is 85.0 cm³/mol. The van der Waals surface area contributed by atoms with E-state index in [1.165, 1.54) is 31.2 Å². The summed E-state index contributed by atoms with van der Waals surface area (Å²) in [7, 11) is 1.67. The standard InChI is InChI=1S/C16H23NO2.ClH/c1-3-10-19-15-9-8-13(11-16(15)18-2)12-17-14-6-4-5-7-14;/h3,8-9,11,14,17H,1,4-7,10,12H2,2H3;1H. The summed E-state index contributed by atoms with van der Waals surface area (Å²) >= 11 is 0. The molecule has 4 heteroatoms. The molecule has 1 aromatic carbocycles. The predicted octanol–water partition coefficient (Wildman–Crippen LogP) is 3.71. The highest BCUT2D eigenvalue weighted by Crippen LogP contribution is 2.28. The Morgan fingerprint density at radius 2 is 2.05 bits per heavy atom. The molecule has 0 bridgehead atoms. The average Bonchev–Trinajstić information content (AvgIpc) is 2.96. The molecule has 0 aliphatic heterocycles. The number of hydrogen-bond donors (Lipinski definition) is 1. The van der Waals surface area contributed by atoms with E-state index in [1.807, 2.05) is 12.1 Å². The fourth-order valence-electron chi connectivity index (χ4n) is 2.48. The Bertz CT molecular complexity index is 417. The Labute approximate surface area is 127 Å². The van der Waals surface area contributed by atoms with Crippen LogP contribution in [0.5, 0.6) is 11.5 Å². The lowest BCUT2D eigenvalue weighted by molar-refractivity contribution is 0.326. The summed E-state index contributed by atoms with van der Waals surface area (Å²) in [6.07, 6.45) is 7.05. The van der Waals surface area contributed by atoms with E-state index >= 15 is 0 Å². The van der Waals surface area contributed by atoms with Crippen LogP contribution in [0.3, 0.4) is 0 Å². The molecule has 1 fully saturated rings. The molecule has 20 heavy (non-hydrogen) atoms. The van der Waals surface area contributed by atoms with Gasteiger partial charge in [0.15, 0.2) is 11.5 Å². The van der Waals surface area contributed by atoms with Gasteiger partial charge >= 0.3 is 0 Å². The molecule has 0 amide bonds. The fourth-order valence-corrected chi connectivity index (χ4v) is 2.48. The zero-order valence-corrected chi connectivity index (χ0v) is 12.9. The van der Waals surface area contributed by atoms with Gasteiger partial charge in [-0.3, -0.25) is 0 Å². The number of nitrogens with one attached hydrogen (secondary N) is 1. The topological polar surface area (TPSA) is 30.5 Å². The van der Waals surface area contributed by atoms with Gasteiger partial charge in [-0.15, -0.1) is 12.4 Å². The minimum atomic E-state index is 0. The smallest absolute Gasteiger partial charge is 0.161 e. The SMILES string of the molecule is C=CCOc1ccc(CNC2CCCC2)cc1OC.Cl. The molecule has 0 saturated heterocycles. The summed E-state index contributed by atoms with van der Waals surface area (Å²) in [6, 6.07) is 6.78. The van der Waals surface area contributed by atoms with Crippen molar-refractivity contribution >= 4 is 12.4 Å². The maximum Gasteiger partial charge on any atom is 0.161 e. The van der Waals surface area contributed by atoms with Crippen molar-refractivity contribution in [3.05, 3.63) is 36.4 Å². The molecular formula is C16H24ClNO2. The molecule has 1 aliphatic carbocycles. The number of benzene rings is 1. The van der Waals surface area contributed by atoms with Gasteiger partial charge in [-0.2, -0.15) is 0 Å². The van der Waals surface area contributed by atoms with Crippen molar-refractivity contribution in [2.75, 3.05) is 13.7 Å². The van der Waals surface area contributed by atoms with Crippen molar-refractivity contribution in [2.45, 2.75) is 38.3 Å². The van der Waals surface area contributed by atoms with Crippen LogP contribution in [0.2, 0.25) is 0 Å².